The number of nitrogens with two attached hydrogens (primary N) is 1. The molecule has 0 saturated heterocycles. The summed E-state index contributed by atoms with van der Waals surface area (Å²) in [6.45, 7) is 0. The van der Waals surface area contributed by atoms with E-state index in [0.29, 0.717) is 18.2 Å². The molecule has 24 heavy (non-hydrogen) atoms. The minimum atomic E-state index is -1.83. The molecule has 128 valence electrons. The molecule has 0 amide bonds. The van der Waals surface area contributed by atoms with Gasteiger partial charge < -0.3 is 5.73 Å². The number of benzene rings is 2. The van der Waals surface area contributed by atoms with Gasteiger partial charge in [0.05, 0.1) is 9.85 Å². The summed E-state index contributed by atoms with van der Waals surface area (Å²) >= 11 is 0. The van der Waals surface area contributed by atoms with Crippen LogP contribution in [0, 0.1) is 49.3 Å². The number of anilines is 1. The first-order valence-corrected chi connectivity index (χ1v) is 5.73. The average Bonchev–Trinajstić information content (AvgIpc) is 2.50. The van der Waals surface area contributed by atoms with Crippen LogP contribution in [0.4, 0.5) is 39.0 Å². The van der Waals surface area contributed by atoms with Crippen molar-refractivity contribution >= 4 is 17.1 Å². The standard InChI is InChI=1S/C6H2F3NO2.C6H4F2N2O2/c2*7-3-1-2-4(10(11)12)6(9)5(3)8/h1-2H;1-2H,9H2. The Balaban J connectivity index is 0.000000240. The summed E-state index contributed by atoms with van der Waals surface area (Å²) in [4.78, 5) is 18.1. The fourth-order valence-electron chi connectivity index (χ4n) is 1.37. The van der Waals surface area contributed by atoms with Gasteiger partial charge in [-0.25, -0.2) is 17.6 Å². The van der Waals surface area contributed by atoms with E-state index in [0.717, 1.165) is 6.07 Å². The van der Waals surface area contributed by atoms with Crippen LogP contribution in [0.2, 0.25) is 0 Å². The molecule has 0 aliphatic carbocycles. The highest BCUT2D eigenvalue weighted by Gasteiger charge is 2.21. The van der Waals surface area contributed by atoms with Crippen molar-refractivity contribution in [2.24, 2.45) is 0 Å². The molecular formula is C12H6F5N3O4. The van der Waals surface area contributed by atoms with Crippen LogP contribution in [0.1, 0.15) is 0 Å². The minimum Gasteiger partial charge on any atom is -0.391 e. The van der Waals surface area contributed by atoms with E-state index in [2.05, 4.69) is 0 Å². The maximum Gasteiger partial charge on any atom is 0.308 e. The van der Waals surface area contributed by atoms with Gasteiger partial charge in [-0.2, -0.15) is 4.39 Å². The van der Waals surface area contributed by atoms with Crippen LogP contribution in [0.25, 0.3) is 0 Å². The highest BCUT2D eigenvalue weighted by atomic mass is 19.2. The van der Waals surface area contributed by atoms with E-state index in [1.807, 2.05) is 0 Å². The second-order valence-corrected chi connectivity index (χ2v) is 4.00. The summed E-state index contributed by atoms with van der Waals surface area (Å²) in [6.07, 6.45) is 0. The van der Waals surface area contributed by atoms with E-state index in [1.165, 1.54) is 0 Å². The second-order valence-electron chi connectivity index (χ2n) is 4.00. The summed E-state index contributed by atoms with van der Waals surface area (Å²) in [5, 5.41) is 20.1. The summed E-state index contributed by atoms with van der Waals surface area (Å²) in [6, 6.07) is 2.53. The lowest BCUT2D eigenvalue weighted by Crippen LogP contribution is -2.00. The van der Waals surface area contributed by atoms with Crippen LogP contribution in [-0.2, 0) is 0 Å². The van der Waals surface area contributed by atoms with Crippen LogP contribution in [0.3, 0.4) is 0 Å². The number of nitro benzene ring substituents is 2. The largest absolute Gasteiger partial charge is 0.391 e. The van der Waals surface area contributed by atoms with Crippen molar-refractivity contribution in [3.8, 4) is 0 Å². The molecule has 7 nitrogen and oxygen atoms in total. The summed E-state index contributed by atoms with van der Waals surface area (Å²) in [5.74, 6) is -7.63. The lowest BCUT2D eigenvalue weighted by atomic mass is 10.2. The monoisotopic (exact) mass is 351 g/mol. The van der Waals surface area contributed by atoms with Gasteiger partial charge in [-0.3, -0.25) is 20.2 Å². The Morgan fingerprint density at radius 3 is 1.58 bits per heavy atom. The van der Waals surface area contributed by atoms with Gasteiger partial charge in [0.15, 0.2) is 17.5 Å². The molecule has 0 fully saturated rings. The van der Waals surface area contributed by atoms with Gasteiger partial charge in [0.1, 0.15) is 5.69 Å². The van der Waals surface area contributed by atoms with E-state index in [-0.39, 0.29) is 0 Å². The summed E-state index contributed by atoms with van der Waals surface area (Å²) in [7, 11) is 0. The lowest BCUT2D eigenvalue weighted by Gasteiger charge is -1.98. The van der Waals surface area contributed by atoms with Crippen molar-refractivity contribution in [2.75, 3.05) is 5.73 Å². The number of hydrogen-bond acceptors (Lipinski definition) is 5. The van der Waals surface area contributed by atoms with Gasteiger partial charge in [0, 0.05) is 12.1 Å². The van der Waals surface area contributed by atoms with Gasteiger partial charge in [0.2, 0.25) is 11.6 Å². The average molecular weight is 351 g/mol. The first-order valence-electron chi connectivity index (χ1n) is 5.73. The topological polar surface area (TPSA) is 112 Å². The highest BCUT2D eigenvalue weighted by molar-refractivity contribution is 5.58. The van der Waals surface area contributed by atoms with Crippen molar-refractivity contribution in [2.45, 2.75) is 0 Å². The zero-order valence-corrected chi connectivity index (χ0v) is 11.3. The molecule has 0 spiro atoms. The van der Waals surface area contributed by atoms with E-state index in [1.54, 1.807) is 0 Å². The molecule has 0 unspecified atom stereocenters. The smallest absolute Gasteiger partial charge is 0.308 e. The molecule has 0 aliphatic rings. The van der Waals surface area contributed by atoms with Crippen molar-refractivity contribution in [1.82, 2.24) is 0 Å². The van der Waals surface area contributed by atoms with Crippen molar-refractivity contribution < 1.29 is 31.8 Å². The molecule has 0 heterocycles. The maximum atomic E-state index is 12.5. The van der Waals surface area contributed by atoms with Crippen LogP contribution in [-0.4, -0.2) is 9.85 Å². The quantitative estimate of drug-likeness (QED) is 0.293. The fourth-order valence-corrected chi connectivity index (χ4v) is 1.37. The molecule has 2 aromatic carbocycles. The number of nitro groups is 2. The zero-order chi connectivity index (χ0) is 18.6. The molecule has 2 rings (SSSR count). The molecule has 0 radical (unpaired) electrons. The van der Waals surface area contributed by atoms with E-state index in [9.17, 15) is 42.2 Å². The normalized spacial score (nSPS) is 9.88. The van der Waals surface area contributed by atoms with Crippen molar-refractivity contribution in [1.29, 1.82) is 0 Å². The van der Waals surface area contributed by atoms with E-state index in [4.69, 9.17) is 5.73 Å². The number of nitrogens with zero attached hydrogens (tertiary/aromatic N) is 2. The van der Waals surface area contributed by atoms with E-state index < -0.39 is 56.0 Å². The van der Waals surface area contributed by atoms with Crippen LogP contribution in [0.5, 0.6) is 0 Å². The Hall–Kier alpha value is -3.31. The predicted molar refractivity (Wildman–Crippen MR) is 70.4 cm³/mol. The zero-order valence-electron chi connectivity index (χ0n) is 11.3. The van der Waals surface area contributed by atoms with Gasteiger partial charge in [0.25, 0.3) is 5.69 Å². The third-order valence-corrected chi connectivity index (χ3v) is 2.52. The number of halogens is 5. The molecule has 0 aliphatic heterocycles. The van der Waals surface area contributed by atoms with Crippen molar-refractivity contribution in [3.63, 3.8) is 0 Å². The van der Waals surface area contributed by atoms with Crippen LogP contribution >= 0.6 is 0 Å². The predicted octanol–water partition coefficient (Wildman–Crippen LogP) is 3.47. The molecule has 0 saturated carbocycles. The molecular weight excluding hydrogens is 345 g/mol. The summed E-state index contributed by atoms with van der Waals surface area (Å²) in [5.41, 5.74) is 2.44. The van der Waals surface area contributed by atoms with Crippen molar-refractivity contribution in [3.05, 3.63) is 73.6 Å². The Kier molecular flexibility index (Phi) is 5.70. The van der Waals surface area contributed by atoms with Gasteiger partial charge in [-0.15, -0.1) is 0 Å². The highest BCUT2D eigenvalue weighted by Crippen LogP contribution is 2.25. The minimum absolute atomic E-state index is 0.497. The number of rotatable bonds is 2. The molecule has 0 aromatic heterocycles. The molecule has 2 aromatic rings. The van der Waals surface area contributed by atoms with Crippen LogP contribution < -0.4 is 5.73 Å². The van der Waals surface area contributed by atoms with Gasteiger partial charge in [-0.05, 0) is 12.1 Å². The Bertz CT molecular complexity index is 748. The first-order chi connectivity index (χ1) is 11.1. The molecule has 0 atom stereocenters. The van der Waals surface area contributed by atoms with Gasteiger partial charge in [-0.1, -0.05) is 0 Å². The van der Waals surface area contributed by atoms with Gasteiger partial charge >= 0.3 is 5.69 Å². The van der Waals surface area contributed by atoms with Crippen LogP contribution in [0.15, 0.2) is 24.3 Å². The maximum absolute atomic E-state index is 12.5. The van der Waals surface area contributed by atoms with E-state index >= 15 is 0 Å². The Labute approximate surface area is 129 Å². The Morgan fingerprint density at radius 1 is 0.708 bits per heavy atom. The third kappa shape index (κ3) is 3.91. The lowest BCUT2D eigenvalue weighted by molar-refractivity contribution is -0.387. The summed E-state index contributed by atoms with van der Waals surface area (Å²) < 4.78 is 61.8. The molecule has 12 heteroatoms. The second kappa shape index (κ2) is 7.30. The Morgan fingerprint density at radius 2 is 1.12 bits per heavy atom. The number of hydrogen-bond donors (Lipinski definition) is 1. The fraction of sp³-hybridized carbons (Fsp3) is 0. The molecule has 2 N–H and O–H groups in total. The number of nitrogen functional groups attached to an aromatic ring is 1. The SMILES string of the molecule is Nc1c([N+](=O)[O-])ccc(F)c1F.O=[N+]([O-])c1ccc(F)c(F)c1F. The third-order valence-electron chi connectivity index (χ3n) is 2.52. The molecule has 0 bridgehead atoms. The first kappa shape index (κ1) is 18.7.